The van der Waals surface area contributed by atoms with Crippen LogP contribution in [0.25, 0.3) is 0 Å². The summed E-state index contributed by atoms with van der Waals surface area (Å²) in [5.41, 5.74) is -1.28. The molecule has 0 bridgehead atoms. The largest absolute Gasteiger partial charge is 0.486 e. The highest BCUT2D eigenvalue weighted by molar-refractivity contribution is 5.20. The van der Waals surface area contributed by atoms with E-state index in [4.69, 9.17) is 4.74 Å². The number of para-hydroxylation sites is 1. The second-order valence-corrected chi connectivity index (χ2v) is 3.04. The lowest BCUT2D eigenvalue weighted by Gasteiger charge is -2.03. The number of ether oxygens (including phenoxy) is 1. The fraction of sp³-hybridized carbons (Fsp3) is 0.100. The lowest BCUT2D eigenvalue weighted by Crippen LogP contribution is -2.27. The summed E-state index contributed by atoms with van der Waals surface area (Å²) in [6, 6.07) is 9.05. The van der Waals surface area contributed by atoms with Gasteiger partial charge in [0.15, 0.2) is 5.82 Å². The van der Waals surface area contributed by atoms with E-state index in [-0.39, 0.29) is 12.4 Å². The molecule has 0 amide bonds. The fourth-order valence-corrected chi connectivity index (χ4v) is 1.17. The van der Waals surface area contributed by atoms with Crippen molar-refractivity contribution in [3.8, 4) is 5.75 Å². The Hall–Kier alpha value is -2.37. The van der Waals surface area contributed by atoms with Crippen molar-refractivity contribution in [2.45, 2.75) is 6.61 Å². The topological polar surface area (TPSA) is 87.8 Å². The Morgan fingerprint density at radius 2 is 1.88 bits per heavy atom. The average molecular weight is 219 g/mol. The van der Waals surface area contributed by atoms with Gasteiger partial charge in [-0.2, -0.15) is 4.98 Å². The van der Waals surface area contributed by atoms with Gasteiger partial charge in [0.1, 0.15) is 12.4 Å². The van der Waals surface area contributed by atoms with E-state index in [0.29, 0.717) is 5.75 Å². The van der Waals surface area contributed by atoms with E-state index in [9.17, 15) is 9.59 Å². The summed E-state index contributed by atoms with van der Waals surface area (Å²) in [7, 11) is 0. The van der Waals surface area contributed by atoms with Crippen molar-refractivity contribution in [1.82, 2.24) is 15.0 Å². The third-order valence-electron chi connectivity index (χ3n) is 1.83. The van der Waals surface area contributed by atoms with Gasteiger partial charge < -0.3 is 4.74 Å². The zero-order valence-electron chi connectivity index (χ0n) is 8.27. The van der Waals surface area contributed by atoms with Crippen LogP contribution >= 0.6 is 0 Å². The number of H-pyrrole nitrogens is 2. The number of hydrogen-bond acceptors (Lipinski definition) is 4. The van der Waals surface area contributed by atoms with Gasteiger partial charge in [-0.25, -0.2) is 9.59 Å². The third-order valence-corrected chi connectivity index (χ3v) is 1.83. The standard InChI is InChI=1S/C10H9N3O3/c14-9-11-8(12-10(15)13-9)6-16-7-4-2-1-3-5-7/h1-5H,6H2,(H2,11,12,13,14,15). The number of rotatable bonds is 3. The lowest BCUT2D eigenvalue weighted by molar-refractivity contribution is 0.294. The summed E-state index contributed by atoms with van der Waals surface area (Å²) >= 11 is 0. The molecule has 0 unspecified atom stereocenters. The minimum Gasteiger partial charge on any atom is -0.486 e. The molecule has 2 N–H and O–H groups in total. The molecule has 0 saturated heterocycles. The normalized spacial score (nSPS) is 10.0. The van der Waals surface area contributed by atoms with E-state index in [0.717, 1.165) is 0 Å². The van der Waals surface area contributed by atoms with E-state index >= 15 is 0 Å². The minimum atomic E-state index is -0.685. The Bertz CT molecular complexity index is 545. The highest BCUT2D eigenvalue weighted by Gasteiger charge is 1.99. The van der Waals surface area contributed by atoms with Crippen molar-refractivity contribution in [2.75, 3.05) is 0 Å². The van der Waals surface area contributed by atoms with Crippen LogP contribution in [0.1, 0.15) is 5.82 Å². The molecule has 6 nitrogen and oxygen atoms in total. The Morgan fingerprint density at radius 3 is 2.56 bits per heavy atom. The number of aromatic amines is 2. The van der Waals surface area contributed by atoms with Gasteiger partial charge in [0.05, 0.1) is 0 Å². The molecule has 6 heteroatoms. The smallest absolute Gasteiger partial charge is 0.350 e. The second-order valence-electron chi connectivity index (χ2n) is 3.04. The molecule has 1 aromatic heterocycles. The summed E-state index contributed by atoms with van der Waals surface area (Å²) in [5.74, 6) is 0.836. The Kier molecular flexibility index (Phi) is 2.81. The molecule has 0 aliphatic carbocycles. The van der Waals surface area contributed by atoms with Crippen LogP contribution in [0.15, 0.2) is 39.9 Å². The van der Waals surface area contributed by atoms with Crippen LogP contribution in [0.2, 0.25) is 0 Å². The maximum Gasteiger partial charge on any atom is 0.350 e. The highest BCUT2D eigenvalue weighted by Crippen LogP contribution is 2.08. The molecular weight excluding hydrogens is 210 g/mol. The number of hydrogen-bond donors (Lipinski definition) is 2. The van der Waals surface area contributed by atoms with E-state index in [2.05, 4.69) is 9.97 Å². The first-order chi connectivity index (χ1) is 7.74. The number of nitrogens with one attached hydrogen (secondary N) is 2. The van der Waals surface area contributed by atoms with Gasteiger partial charge in [-0.3, -0.25) is 9.97 Å². The minimum absolute atomic E-state index is 0.0448. The maximum atomic E-state index is 10.9. The zero-order chi connectivity index (χ0) is 11.4. The van der Waals surface area contributed by atoms with Gasteiger partial charge >= 0.3 is 11.4 Å². The van der Waals surface area contributed by atoms with Gasteiger partial charge in [-0.05, 0) is 12.1 Å². The fourth-order valence-electron chi connectivity index (χ4n) is 1.17. The molecule has 0 spiro atoms. The van der Waals surface area contributed by atoms with Crippen molar-refractivity contribution in [3.63, 3.8) is 0 Å². The van der Waals surface area contributed by atoms with E-state index < -0.39 is 11.4 Å². The molecule has 0 aliphatic heterocycles. The Balaban J connectivity index is 2.11. The van der Waals surface area contributed by atoms with Crippen molar-refractivity contribution in [1.29, 1.82) is 0 Å². The molecule has 0 aliphatic rings. The molecular formula is C10H9N3O3. The molecule has 82 valence electrons. The molecule has 0 fully saturated rings. The molecule has 1 aromatic carbocycles. The molecule has 2 aromatic rings. The number of benzene rings is 1. The SMILES string of the molecule is O=c1nc(COc2ccccc2)[nH]c(=O)[nH]1. The Morgan fingerprint density at radius 1 is 1.12 bits per heavy atom. The summed E-state index contributed by atoms with van der Waals surface area (Å²) in [4.78, 5) is 29.7. The summed E-state index contributed by atoms with van der Waals surface area (Å²) < 4.78 is 5.32. The van der Waals surface area contributed by atoms with Crippen LogP contribution in [0, 0.1) is 0 Å². The van der Waals surface area contributed by atoms with Gasteiger partial charge in [-0.1, -0.05) is 18.2 Å². The molecule has 2 rings (SSSR count). The summed E-state index contributed by atoms with van der Waals surface area (Å²) in [6.45, 7) is 0.0448. The average Bonchev–Trinajstić information content (AvgIpc) is 2.27. The predicted molar refractivity (Wildman–Crippen MR) is 56.3 cm³/mol. The monoisotopic (exact) mass is 219 g/mol. The Labute approximate surface area is 89.9 Å². The van der Waals surface area contributed by atoms with Crippen LogP contribution in [0.3, 0.4) is 0 Å². The highest BCUT2D eigenvalue weighted by atomic mass is 16.5. The van der Waals surface area contributed by atoms with Crippen molar-refractivity contribution < 1.29 is 4.74 Å². The number of aromatic nitrogens is 3. The summed E-state index contributed by atoms with van der Waals surface area (Å²) in [6.07, 6.45) is 0. The van der Waals surface area contributed by atoms with Gasteiger partial charge in [-0.15, -0.1) is 0 Å². The first kappa shape index (κ1) is 10.2. The van der Waals surface area contributed by atoms with E-state index in [1.165, 1.54) is 0 Å². The van der Waals surface area contributed by atoms with Crippen LogP contribution in [-0.2, 0) is 6.61 Å². The summed E-state index contributed by atoms with van der Waals surface area (Å²) in [5, 5.41) is 0. The zero-order valence-corrected chi connectivity index (χ0v) is 8.27. The lowest BCUT2D eigenvalue weighted by atomic mass is 10.3. The van der Waals surface area contributed by atoms with Gasteiger partial charge in [0, 0.05) is 0 Å². The van der Waals surface area contributed by atoms with Crippen molar-refractivity contribution >= 4 is 0 Å². The van der Waals surface area contributed by atoms with Crippen LogP contribution < -0.4 is 16.1 Å². The van der Waals surface area contributed by atoms with Crippen LogP contribution in [-0.4, -0.2) is 15.0 Å². The third kappa shape index (κ3) is 2.57. The number of nitrogens with zero attached hydrogens (tertiary/aromatic N) is 1. The molecule has 0 atom stereocenters. The molecule has 0 radical (unpaired) electrons. The van der Waals surface area contributed by atoms with E-state index in [1.807, 2.05) is 23.2 Å². The molecule has 16 heavy (non-hydrogen) atoms. The van der Waals surface area contributed by atoms with Gasteiger partial charge in [0.2, 0.25) is 0 Å². The molecule has 0 saturated carbocycles. The van der Waals surface area contributed by atoms with Crippen LogP contribution in [0.5, 0.6) is 5.75 Å². The second kappa shape index (κ2) is 4.43. The first-order valence-electron chi connectivity index (χ1n) is 4.61. The van der Waals surface area contributed by atoms with Crippen molar-refractivity contribution in [2.24, 2.45) is 0 Å². The van der Waals surface area contributed by atoms with E-state index in [1.54, 1.807) is 12.1 Å². The van der Waals surface area contributed by atoms with Crippen LogP contribution in [0.4, 0.5) is 0 Å². The van der Waals surface area contributed by atoms with Crippen molar-refractivity contribution in [3.05, 3.63) is 57.1 Å². The maximum absolute atomic E-state index is 10.9. The quantitative estimate of drug-likeness (QED) is 0.762. The molecule has 1 heterocycles. The first-order valence-corrected chi connectivity index (χ1v) is 4.61. The predicted octanol–water partition coefficient (Wildman–Crippen LogP) is 0.0372. The van der Waals surface area contributed by atoms with Gasteiger partial charge in [0.25, 0.3) is 0 Å².